The van der Waals surface area contributed by atoms with Gasteiger partial charge in [0.1, 0.15) is 0 Å². The second-order valence-electron chi connectivity index (χ2n) is 2.07. The van der Waals surface area contributed by atoms with Crippen LogP contribution in [-0.2, 0) is 9.59 Å². The fraction of sp³-hybridized carbons (Fsp3) is 0.667. The van der Waals surface area contributed by atoms with Crippen LogP contribution in [0.5, 0.6) is 0 Å². The number of rotatable bonds is 5. The Morgan fingerprint density at radius 3 is 2.70 bits per heavy atom. The topological polar surface area (TPSA) is 84.0 Å². The zero-order chi connectivity index (χ0) is 7.98. The number of nitrogens with two attached hydrogens (primary N) is 1. The van der Waals surface area contributed by atoms with Gasteiger partial charge in [-0.25, -0.2) is 0 Å². The van der Waals surface area contributed by atoms with Crippen molar-refractivity contribution in [3.05, 3.63) is 0 Å². The van der Waals surface area contributed by atoms with Crippen LogP contribution in [0.2, 0.25) is 0 Å². The van der Waals surface area contributed by atoms with Crippen LogP contribution in [0, 0.1) is 0 Å². The van der Waals surface area contributed by atoms with Crippen LogP contribution in [0.15, 0.2) is 0 Å². The average molecular weight is 142 g/mol. The van der Waals surface area contributed by atoms with Gasteiger partial charge >= 0.3 is 0 Å². The molecule has 0 aliphatic carbocycles. The molecule has 1 amide bonds. The third kappa shape index (κ3) is 5.24. The molecular formula is C6H10N2O2. The van der Waals surface area contributed by atoms with E-state index in [0.29, 0.717) is 6.42 Å². The van der Waals surface area contributed by atoms with Gasteiger partial charge in [0, 0.05) is 18.9 Å². The summed E-state index contributed by atoms with van der Waals surface area (Å²) in [7, 11) is 0. The summed E-state index contributed by atoms with van der Waals surface area (Å²) >= 11 is 0. The molecular weight excluding hydrogens is 132 g/mol. The van der Waals surface area contributed by atoms with Crippen molar-refractivity contribution < 1.29 is 9.59 Å². The van der Waals surface area contributed by atoms with E-state index in [1.165, 1.54) is 0 Å². The molecule has 0 saturated heterocycles. The lowest BCUT2D eigenvalue weighted by Gasteiger charge is -2.02. The summed E-state index contributed by atoms with van der Waals surface area (Å²) in [6.45, 7) is 0. The van der Waals surface area contributed by atoms with Crippen molar-refractivity contribution in [1.29, 1.82) is 0 Å². The Balaban J connectivity index is 3.29. The number of nitrogens with one attached hydrogen (secondary N) is 1. The Hall–Kier alpha value is -0.900. The molecule has 0 aromatic carbocycles. The maximum atomic E-state index is 10.1. The molecule has 0 bridgehead atoms. The van der Waals surface area contributed by atoms with Crippen molar-refractivity contribution in [3.8, 4) is 0 Å². The molecule has 2 radical (unpaired) electrons. The first kappa shape index (κ1) is 9.10. The van der Waals surface area contributed by atoms with Crippen molar-refractivity contribution in [2.75, 3.05) is 0 Å². The number of hydrogen-bond acceptors (Lipinski definition) is 3. The minimum Gasteiger partial charge on any atom is -0.327 e. The smallest absolute Gasteiger partial charge is 0.238 e. The van der Waals surface area contributed by atoms with Gasteiger partial charge < -0.3 is 5.73 Å². The molecule has 0 rings (SSSR count). The Kier molecular flexibility index (Phi) is 4.49. The summed E-state index contributed by atoms with van der Waals surface area (Å²) in [5.41, 5.74) is 11.8. The van der Waals surface area contributed by atoms with Gasteiger partial charge in [0.2, 0.25) is 5.91 Å². The molecule has 0 saturated carbocycles. The van der Waals surface area contributed by atoms with E-state index in [4.69, 9.17) is 11.5 Å². The van der Waals surface area contributed by atoms with E-state index in [-0.39, 0.29) is 18.9 Å². The fourth-order valence-electron chi connectivity index (χ4n) is 0.526. The average Bonchev–Trinajstić information content (AvgIpc) is 1.85. The predicted molar refractivity (Wildman–Crippen MR) is 35.6 cm³/mol. The largest absolute Gasteiger partial charge is 0.327 e. The third-order valence-electron chi connectivity index (χ3n) is 1.09. The van der Waals surface area contributed by atoms with Crippen LogP contribution >= 0.6 is 0 Å². The molecule has 0 aliphatic rings. The van der Waals surface area contributed by atoms with Crippen molar-refractivity contribution in [2.45, 2.75) is 25.3 Å². The normalized spacial score (nSPS) is 12.5. The van der Waals surface area contributed by atoms with Gasteiger partial charge in [0.05, 0.1) is 0 Å². The molecule has 0 aromatic heterocycles. The van der Waals surface area contributed by atoms with E-state index < -0.39 is 5.91 Å². The Morgan fingerprint density at radius 1 is 1.70 bits per heavy atom. The van der Waals surface area contributed by atoms with Gasteiger partial charge in [-0.05, 0) is 6.42 Å². The molecule has 0 spiro atoms. The summed E-state index contributed by atoms with van der Waals surface area (Å²) in [5, 5.41) is 0. The van der Waals surface area contributed by atoms with E-state index in [0.717, 1.165) is 0 Å². The summed E-state index contributed by atoms with van der Waals surface area (Å²) in [4.78, 5) is 19.8. The molecule has 0 heterocycles. The SMILES string of the molecule is [NH]C(=O)CCC(N)C[C]=O. The van der Waals surface area contributed by atoms with Gasteiger partial charge in [-0.2, -0.15) is 0 Å². The molecule has 0 aliphatic heterocycles. The van der Waals surface area contributed by atoms with Crippen LogP contribution in [0.25, 0.3) is 0 Å². The lowest BCUT2D eigenvalue weighted by Crippen LogP contribution is -2.21. The molecule has 4 heteroatoms. The van der Waals surface area contributed by atoms with E-state index in [1.807, 2.05) is 0 Å². The van der Waals surface area contributed by atoms with Gasteiger partial charge in [0.25, 0.3) is 0 Å². The van der Waals surface area contributed by atoms with Gasteiger partial charge in [-0.1, -0.05) is 0 Å². The quantitative estimate of drug-likeness (QED) is 0.556. The number of carbonyl (C=O) groups excluding carboxylic acids is 2. The first-order valence-corrected chi connectivity index (χ1v) is 3.02. The molecule has 56 valence electrons. The van der Waals surface area contributed by atoms with E-state index in [2.05, 4.69) is 0 Å². The summed E-state index contributed by atoms with van der Waals surface area (Å²) in [6.07, 6.45) is 2.32. The first-order chi connectivity index (χ1) is 4.66. The summed E-state index contributed by atoms with van der Waals surface area (Å²) < 4.78 is 0. The minimum atomic E-state index is -0.638. The van der Waals surface area contributed by atoms with Gasteiger partial charge in [-0.3, -0.25) is 15.3 Å². The minimum absolute atomic E-state index is 0.128. The van der Waals surface area contributed by atoms with Crippen molar-refractivity contribution in [3.63, 3.8) is 0 Å². The zero-order valence-corrected chi connectivity index (χ0v) is 5.59. The fourth-order valence-corrected chi connectivity index (χ4v) is 0.526. The van der Waals surface area contributed by atoms with Crippen LogP contribution in [0.4, 0.5) is 0 Å². The number of hydrogen-bond donors (Lipinski definition) is 1. The Bertz CT molecular complexity index is 125. The molecule has 4 nitrogen and oxygen atoms in total. The summed E-state index contributed by atoms with van der Waals surface area (Å²) in [5.74, 6) is -0.638. The molecule has 1 unspecified atom stereocenters. The maximum absolute atomic E-state index is 10.1. The lowest BCUT2D eigenvalue weighted by atomic mass is 10.1. The van der Waals surface area contributed by atoms with E-state index >= 15 is 0 Å². The lowest BCUT2D eigenvalue weighted by molar-refractivity contribution is -0.118. The second-order valence-corrected chi connectivity index (χ2v) is 2.07. The highest BCUT2D eigenvalue weighted by Crippen LogP contribution is 1.95. The first-order valence-electron chi connectivity index (χ1n) is 3.02. The molecule has 0 aromatic rings. The Morgan fingerprint density at radius 2 is 2.30 bits per heavy atom. The van der Waals surface area contributed by atoms with Crippen LogP contribution < -0.4 is 11.5 Å². The summed E-state index contributed by atoms with van der Waals surface area (Å²) in [6, 6.07) is -0.313. The Labute approximate surface area is 59.6 Å². The van der Waals surface area contributed by atoms with Crippen molar-refractivity contribution in [1.82, 2.24) is 5.73 Å². The highest BCUT2D eigenvalue weighted by Gasteiger charge is 2.03. The van der Waals surface area contributed by atoms with Crippen LogP contribution in [-0.4, -0.2) is 18.2 Å². The van der Waals surface area contributed by atoms with Crippen molar-refractivity contribution in [2.24, 2.45) is 5.73 Å². The molecule has 1 atom stereocenters. The van der Waals surface area contributed by atoms with Gasteiger partial charge in [-0.15, -0.1) is 0 Å². The van der Waals surface area contributed by atoms with Gasteiger partial charge in [0.15, 0.2) is 6.29 Å². The van der Waals surface area contributed by atoms with Crippen molar-refractivity contribution >= 4 is 12.2 Å². The van der Waals surface area contributed by atoms with E-state index in [9.17, 15) is 9.59 Å². The number of carbonyl (C=O) groups is 1. The second kappa shape index (κ2) is 4.93. The standard InChI is InChI=1S/C6H10N2O2/c7-5(3-4-9)1-2-6(8)10/h5,8H,1-3,7H2. The maximum Gasteiger partial charge on any atom is 0.238 e. The zero-order valence-electron chi connectivity index (χ0n) is 5.59. The number of amides is 1. The highest BCUT2D eigenvalue weighted by molar-refractivity contribution is 5.72. The van der Waals surface area contributed by atoms with Crippen LogP contribution in [0.3, 0.4) is 0 Å². The third-order valence-corrected chi connectivity index (χ3v) is 1.09. The predicted octanol–water partition coefficient (Wildman–Crippen LogP) is -0.597. The highest BCUT2D eigenvalue weighted by atomic mass is 16.1. The molecule has 0 fully saturated rings. The van der Waals surface area contributed by atoms with Crippen LogP contribution in [0.1, 0.15) is 19.3 Å². The molecule has 10 heavy (non-hydrogen) atoms. The monoisotopic (exact) mass is 142 g/mol. The van der Waals surface area contributed by atoms with E-state index in [1.54, 1.807) is 6.29 Å². The molecule has 3 N–H and O–H groups in total.